The number of hydrogen-bond acceptors (Lipinski definition) is 3. The summed E-state index contributed by atoms with van der Waals surface area (Å²) >= 11 is 0. The highest BCUT2D eigenvalue weighted by Gasteiger charge is 2.27. The van der Waals surface area contributed by atoms with Crippen molar-refractivity contribution in [1.82, 2.24) is 0 Å². The molecule has 1 aliphatic rings. The van der Waals surface area contributed by atoms with Crippen molar-refractivity contribution >= 4 is 27.7 Å². The zero-order chi connectivity index (χ0) is 24.7. The number of hydrogen-bond donors (Lipinski definition) is 1. The van der Waals surface area contributed by atoms with Crippen molar-refractivity contribution in [2.75, 3.05) is 24.4 Å². The number of ether oxygens (including phenoxy) is 1. The molecule has 0 saturated heterocycles. The van der Waals surface area contributed by atoms with E-state index in [1.165, 1.54) is 45.3 Å². The molecular weight excluding hydrogens is 435 g/mol. The maximum absolute atomic E-state index is 14.0. The maximum Gasteiger partial charge on any atom is 0.129 e. The highest BCUT2D eigenvalue weighted by Crippen LogP contribution is 2.43. The van der Waals surface area contributed by atoms with E-state index in [9.17, 15) is 4.39 Å². The number of fused-ring (bicyclic) bond motifs is 2. The van der Waals surface area contributed by atoms with Crippen LogP contribution in [0.3, 0.4) is 0 Å². The van der Waals surface area contributed by atoms with Gasteiger partial charge >= 0.3 is 0 Å². The Morgan fingerprint density at radius 1 is 0.943 bits per heavy atom. The molecule has 1 heterocycles. The highest BCUT2D eigenvalue weighted by molar-refractivity contribution is 5.95. The minimum absolute atomic E-state index is 0.134. The van der Waals surface area contributed by atoms with Crippen molar-refractivity contribution in [2.24, 2.45) is 0 Å². The van der Waals surface area contributed by atoms with E-state index in [2.05, 4.69) is 98.7 Å². The first kappa shape index (κ1) is 23.0. The second kappa shape index (κ2) is 8.77. The van der Waals surface area contributed by atoms with Crippen molar-refractivity contribution in [2.45, 2.75) is 32.9 Å². The largest absolute Gasteiger partial charge is 0.496 e. The third-order valence-electron chi connectivity index (χ3n) is 6.77. The van der Waals surface area contributed by atoms with Crippen LogP contribution < -0.4 is 15.0 Å². The van der Waals surface area contributed by atoms with E-state index in [1.807, 2.05) is 6.07 Å². The lowest BCUT2D eigenvalue weighted by Crippen LogP contribution is -2.32. The number of methoxy groups -OCH3 is 1. The van der Waals surface area contributed by atoms with Crippen LogP contribution >= 0.6 is 0 Å². The number of anilines is 2. The average Bonchev–Trinajstić information content (AvgIpc) is 2.83. The molecule has 1 aliphatic heterocycles. The fraction of sp³-hybridized carbons (Fsp3) is 0.226. The molecule has 3 nitrogen and oxygen atoms in total. The topological polar surface area (TPSA) is 24.5 Å². The zero-order valence-electron chi connectivity index (χ0n) is 20.9. The van der Waals surface area contributed by atoms with Crippen LogP contribution in [-0.2, 0) is 6.54 Å². The predicted octanol–water partition coefficient (Wildman–Crippen LogP) is 7.90. The molecule has 5 rings (SSSR count). The molecule has 178 valence electrons. The molecule has 0 aliphatic carbocycles. The van der Waals surface area contributed by atoms with E-state index < -0.39 is 0 Å². The third kappa shape index (κ3) is 4.25. The smallest absolute Gasteiger partial charge is 0.129 e. The SMILES string of the molecule is COc1cc(F)ccc1-c1ccc2c(c1CN(C)c1cccc3ccccc13)C(C)=CC(C)(C)N2. The molecule has 4 aromatic carbocycles. The zero-order valence-corrected chi connectivity index (χ0v) is 20.9. The maximum atomic E-state index is 14.0. The quantitative estimate of drug-likeness (QED) is 0.323. The van der Waals surface area contributed by atoms with Crippen molar-refractivity contribution in [3.63, 3.8) is 0 Å². The molecule has 35 heavy (non-hydrogen) atoms. The fourth-order valence-corrected chi connectivity index (χ4v) is 5.37. The Hall–Kier alpha value is -3.79. The minimum Gasteiger partial charge on any atom is -0.496 e. The molecule has 0 saturated carbocycles. The number of nitrogens with zero attached hydrogens (tertiary/aromatic N) is 1. The van der Waals surface area contributed by atoms with E-state index >= 15 is 0 Å². The van der Waals surface area contributed by atoms with Gasteiger partial charge in [0.05, 0.1) is 12.6 Å². The van der Waals surface area contributed by atoms with Gasteiger partial charge in [-0.15, -0.1) is 0 Å². The van der Waals surface area contributed by atoms with Gasteiger partial charge in [-0.3, -0.25) is 0 Å². The van der Waals surface area contributed by atoms with Crippen molar-refractivity contribution < 1.29 is 9.13 Å². The minimum atomic E-state index is -0.308. The van der Waals surface area contributed by atoms with Gasteiger partial charge in [0.1, 0.15) is 11.6 Å². The number of allylic oxidation sites excluding steroid dienone is 1. The number of halogens is 1. The summed E-state index contributed by atoms with van der Waals surface area (Å²) in [5.74, 6) is 0.224. The van der Waals surface area contributed by atoms with Gasteiger partial charge in [-0.05, 0) is 67.1 Å². The summed E-state index contributed by atoms with van der Waals surface area (Å²) in [6.45, 7) is 7.21. The summed E-state index contributed by atoms with van der Waals surface area (Å²) < 4.78 is 19.6. The van der Waals surface area contributed by atoms with E-state index in [0.29, 0.717) is 12.3 Å². The lowest BCUT2D eigenvalue weighted by atomic mass is 9.84. The lowest BCUT2D eigenvalue weighted by molar-refractivity contribution is 0.413. The lowest BCUT2D eigenvalue weighted by Gasteiger charge is -2.34. The fourth-order valence-electron chi connectivity index (χ4n) is 5.37. The molecule has 4 heteroatoms. The van der Waals surface area contributed by atoms with Crippen LogP contribution in [0.1, 0.15) is 31.9 Å². The van der Waals surface area contributed by atoms with Gasteiger partial charge in [0.2, 0.25) is 0 Å². The molecule has 1 N–H and O–H groups in total. The van der Waals surface area contributed by atoms with Crippen molar-refractivity contribution in [3.05, 3.63) is 95.8 Å². The molecule has 0 aromatic heterocycles. The first-order chi connectivity index (χ1) is 16.8. The first-order valence-electron chi connectivity index (χ1n) is 11.9. The van der Waals surface area contributed by atoms with Gasteiger partial charge in [0.15, 0.2) is 0 Å². The molecule has 0 fully saturated rings. The van der Waals surface area contributed by atoms with Gasteiger partial charge in [-0.1, -0.05) is 48.5 Å². The predicted molar refractivity (Wildman–Crippen MR) is 146 cm³/mol. The van der Waals surface area contributed by atoms with Crippen LogP contribution in [-0.4, -0.2) is 19.7 Å². The molecule has 4 aromatic rings. The van der Waals surface area contributed by atoms with Crippen LogP contribution in [0.5, 0.6) is 5.75 Å². The van der Waals surface area contributed by atoms with Crippen molar-refractivity contribution in [1.29, 1.82) is 0 Å². The number of benzene rings is 4. The van der Waals surface area contributed by atoms with Crippen LogP contribution in [0.4, 0.5) is 15.8 Å². The van der Waals surface area contributed by atoms with E-state index in [1.54, 1.807) is 7.11 Å². The molecular formula is C31H31FN2O. The van der Waals surface area contributed by atoms with E-state index in [4.69, 9.17) is 4.74 Å². The van der Waals surface area contributed by atoms with Crippen LogP contribution in [0.15, 0.2) is 78.9 Å². The van der Waals surface area contributed by atoms with E-state index in [0.717, 1.165) is 16.8 Å². The Morgan fingerprint density at radius 2 is 1.69 bits per heavy atom. The Balaban J connectivity index is 1.70. The average molecular weight is 467 g/mol. The van der Waals surface area contributed by atoms with Gasteiger partial charge in [0.25, 0.3) is 0 Å². The summed E-state index contributed by atoms with van der Waals surface area (Å²) in [7, 11) is 3.72. The normalized spacial score (nSPS) is 14.2. The summed E-state index contributed by atoms with van der Waals surface area (Å²) in [5.41, 5.74) is 7.68. The Bertz CT molecular complexity index is 1450. The monoisotopic (exact) mass is 466 g/mol. The standard InChI is InChI=1S/C31H31FN2O/c1-20-18-31(2,3)33-27-16-15-24(25-14-13-22(32)17-29(25)35-5)26(30(20)27)19-34(4)28-12-8-10-21-9-6-7-11-23(21)28/h6-18,33H,19H2,1-5H3. The van der Waals surface area contributed by atoms with Crippen molar-refractivity contribution in [3.8, 4) is 16.9 Å². The summed E-state index contributed by atoms with van der Waals surface area (Å²) in [6.07, 6.45) is 2.28. The molecule has 0 bridgehead atoms. The summed E-state index contributed by atoms with van der Waals surface area (Å²) in [4.78, 5) is 2.30. The second-order valence-corrected chi connectivity index (χ2v) is 9.89. The Kier molecular flexibility index (Phi) is 5.76. The molecule has 0 amide bonds. The number of nitrogens with one attached hydrogen (secondary N) is 1. The van der Waals surface area contributed by atoms with Gasteiger partial charge in [-0.25, -0.2) is 4.39 Å². The molecule has 0 spiro atoms. The van der Waals surface area contributed by atoms with Crippen LogP contribution in [0.25, 0.3) is 27.5 Å². The number of rotatable bonds is 5. The van der Waals surface area contributed by atoms with Gasteiger partial charge < -0.3 is 15.0 Å². The van der Waals surface area contributed by atoms with Gasteiger partial charge in [-0.2, -0.15) is 0 Å². The molecule has 0 radical (unpaired) electrons. The summed E-state index contributed by atoms with van der Waals surface area (Å²) in [6, 6.07) is 23.9. The molecule has 0 unspecified atom stereocenters. The van der Waals surface area contributed by atoms with Crippen LogP contribution in [0.2, 0.25) is 0 Å². The first-order valence-corrected chi connectivity index (χ1v) is 11.9. The van der Waals surface area contributed by atoms with Gasteiger partial charge in [0, 0.05) is 47.5 Å². The van der Waals surface area contributed by atoms with E-state index in [-0.39, 0.29) is 11.4 Å². The Labute approximate surface area is 206 Å². The Morgan fingerprint density at radius 3 is 2.49 bits per heavy atom. The van der Waals surface area contributed by atoms with Crippen LogP contribution in [0, 0.1) is 5.82 Å². The third-order valence-corrected chi connectivity index (χ3v) is 6.77. The second-order valence-electron chi connectivity index (χ2n) is 9.89. The summed E-state index contributed by atoms with van der Waals surface area (Å²) in [5, 5.41) is 6.11. The molecule has 0 atom stereocenters. The highest BCUT2D eigenvalue weighted by atomic mass is 19.1.